The number of anilines is 2. The molecule has 6 heteroatoms. The quantitative estimate of drug-likeness (QED) is 0.719. The van der Waals surface area contributed by atoms with Crippen LogP contribution < -0.4 is 10.6 Å². The Morgan fingerprint density at radius 2 is 2.04 bits per heavy atom. The molecular formula is C17H19ClFN3O. The number of pyridine rings is 1. The number of carbonyl (C=O) groups is 1. The highest BCUT2D eigenvalue weighted by molar-refractivity contribution is 6.31. The third-order valence-corrected chi connectivity index (χ3v) is 3.57. The van der Waals surface area contributed by atoms with Crippen LogP contribution >= 0.6 is 11.6 Å². The molecule has 0 radical (unpaired) electrons. The fourth-order valence-electron chi connectivity index (χ4n) is 2.04. The molecule has 0 atom stereocenters. The number of unbranched alkanes of at least 4 members (excludes halogenated alkanes) is 2. The summed E-state index contributed by atoms with van der Waals surface area (Å²) in [6, 6.07) is 7.52. The van der Waals surface area contributed by atoms with Gasteiger partial charge in [-0.15, -0.1) is 0 Å². The third kappa shape index (κ3) is 5.21. The van der Waals surface area contributed by atoms with E-state index in [9.17, 15) is 9.18 Å². The lowest BCUT2D eigenvalue weighted by atomic mass is 10.2. The highest BCUT2D eigenvalue weighted by Gasteiger charge is 2.10. The van der Waals surface area contributed by atoms with Crippen LogP contribution in [-0.2, 0) is 0 Å². The molecule has 0 unspecified atom stereocenters. The average Bonchev–Trinajstić information content (AvgIpc) is 2.55. The first-order valence-electron chi connectivity index (χ1n) is 7.56. The number of nitrogens with zero attached hydrogens (tertiary/aromatic N) is 1. The van der Waals surface area contributed by atoms with E-state index in [2.05, 4.69) is 22.5 Å². The summed E-state index contributed by atoms with van der Waals surface area (Å²) >= 11 is 5.70. The van der Waals surface area contributed by atoms with Crippen molar-refractivity contribution in [3.8, 4) is 0 Å². The minimum Gasteiger partial charge on any atom is -0.385 e. The van der Waals surface area contributed by atoms with Crippen LogP contribution in [0.15, 0.2) is 36.5 Å². The lowest BCUT2D eigenvalue weighted by Crippen LogP contribution is -2.14. The highest BCUT2D eigenvalue weighted by Crippen LogP contribution is 2.20. The van der Waals surface area contributed by atoms with E-state index in [0.29, 0.717) is 5.69 Å². The molecular weight excluding hydrogens is 317 g/mol. The maximum atomic E-state index is 13.1. The van der Waals surface area contributed by atoms with Crippen molar-refractivity contribution in [2.75, 3.05) is 17.2 Å². The minimum atomic E-state index is -0.527. The van der Waals surface area contributed by atoms with Gasteiger partial charge in [-0.3, -0.25) is 9.78 Å². The molecule has 0 saturated heterocycles. The molecule has 0 spiro atoms. The number of nitrogens with one attached hydrogen (secondary N) is 2. The van der Waals surface area contributed by atoms with E-state index in [1.54, 1.807) is 12.3 Å². The largest absolute Gasteiger partial charge is 0.385 e. The van der Waals surface area contributed by atoms with E-state index in [4.69, 9.17) is 11.6 Å². The molecule has 1 heterocycles. The number of halogens is 2. The maximum absolute atomic E-state index is 13.1. The van der Waals surface area contributed by atoms with Crippen molar-refractivity contribution in [1.29, 1.82) is 0 Å². The molecule has 2 rings (SSSR count). The number of amides is 1. The molecule has 1 aromatic heterocycles. The van der Waals surface area contributed by atoms with Gasteiger partial charge in [-0.1, -0.05) is 31.4 Å². The Hall–Kier alpha value is -2.14. The third-order valence-electron chi connectivity index (χ3n) is 3.28. The smallest absolute Gasteiger partial charge is 0.274 e. The molecule has 2 aromatic rings. The van der Waals surface area contributed by atoms with Crippen LogP contribution in [0.2, 0.25) is 5.02 Å². The van der Waals surface area contributed by atoms with Crippen molar-refractivity contribution < 1.29 is 9.18 Å². The van der Waals surface area contributed by atoms with Gasteiger partial charge in [0.2, 0.25) is 0 Å². The van der Waals surface area contributed by atoms with E-state index in [1.165, 1.54) is 18.2 Å². The van der Waals surface area contributed by atoms with Gasteiger partial charge in [0.15, 0.2) is 0 Å². The molecule has 0 aliphatic heterocycles. The first-order valence-corrected chi connectivity index (χ1v) is 7.94. The average molecular weight is 336 g/mol. The molecule has 0 aliphatic rings. The number of rotatable bonds is 7. The van der Waals surface area contributed by atoms with Crippen molar-refractivity contribution in [1.82, 2.24) is 4.98 Å². The number of hydrogen-bond donors (Lipinski definition) is 2. The summed E-state index contributed by atoms with van der Waals surface area (Å²) in [7, 11) is 0. The van der Waals surface area contributed by atoms with Gasteiger partial charge in [-0.05, 0) is 36.8 Å². The molecule has 0 aliphatic carbocycles. The Balaban J connectivity index is 2.00. The van der Waals surface area contributed by atoms with E-state index in [1.807, 2.05) is 6.07 Å². The van der Waals surface area contributed by atoms with Crippen LogP contribution in [-0.4, -0.2) is 17.4 Å². The number of carbonyl (C=O) groups excluding carboxylic acids is 1. The van der Waals surface area contributed by atoms with E-state index >= 15 is 0 Å². The zero-order chi connectivity index (χ0) is 16.7. The van der Waals surface area contributed by atoms with Gasteiger partial charge < -0.3 is 10.6 Å². The SMILES string of the molecule is CCCCCNc1ccnc(C(=O)Nc2ccc(F)c(Cl)c2)c1. The van der Waals surface area contributed by atoms with Crippen LogP contribution in [0, 0.1) is 5.82 Å². The molecule has 0 fully saturated rings. The second-order valence-electron chi connectivity index (χ2n) is 5.15. The standard InChI is InChI=1S/C17H19ClFN3O/c1-2-3-4-8-20-12-7-9-21-16(11-12)17(23)22-13-5-6-15(19)14(18)10-13/h5-7,9-11H,2-4,8H2,1H3,(H,20,21)(H,22,23). The Morgan fingerprint density at radius 1 is 1.22 bits per heavy atom. The van der Waals surface area contributed by atoms with Gasteiger partial charge >= 0.3 is 0 Å². The Kier molecular flexibility index (Phi) is 6.35. The number of benzene rings is 1. The minimum absolute atomic E-state index is 0.0397. The van der Waals surface area contributed by atoms with E-state index in [0.717, 1.165) is 31.5 Å². The lowest BCUT2D eigenvalue weighted by Gasteiger charge is -2.08. The van der Waals surface area contributed by atoms with Gasteiger partial charge in [0.1, 0.15) is 11.5 Å². The summed E-state index contributed by atoms with van der Waals surface area (Å²) in [5.41, 5.74) is 1.55. The highest BCUT2D eigenvalue weighted by atomic mass is 35.5. The monoisotopic (exact) mass is 335 g/mol. The summed E-state index contributed by atoms with van der Waals surface area (Å²) < 4.78 is 13.1. The van der Waals surface area contributed by atoms with Gasteiger partial charge in [0.05, 0.1) is 5.02 Å². The number of aromatic nitrogens is 1. The van der Waals surface area contributed by atoms with Crippen LogP contribution in [0.3, 0.4) is 0 Å². The summed E-state index contributed by atoms with van der Waals surface area (Å²) in [5, 5.41) is 5.87. The first-order chi connectivity index (χ1) is 11.1. The summed E-state index contributed by atoms with van der Waals surface area (Å²) in [5.74, 6) is -0.897. The van der Waals surface area contributed by atoms with Crippen molar-refractivity contribution in [3.63, 3.8) is 0 Å². The molecule has 2 N–H and O–H groups in total. The van der Waals surface area contributed by atoms with Crippen molar-refractivity contribution in [2.45, 2.75) is 26.2 Å². The fraction of sp³-hybridized carbons (Fsp3) is 0.294. The zero-order valence-electron chi connectivity index (χ0n) is 12.9. The molecule has 1 aromatic carbocycles. The normalized spacial score (nSPS) is 10.4. The predicted octanol–water partition coefficient (Wildman–Crippen LogP) is 4.73. The van der Waals surface area contributed by atoms with Gasteiger partial charge in [-0.25, -0.2) is 4.39 Å². The van der Waals surface area contributed by atoms with Crippen LogP contribution in [0.1, 0.15) is 36.7 Å². The van der Waals surface area contributed by atoms with Crippen LogP contribution in [0.5, 0.6) is 0 Å². The second-order valence-corrected chi connectivity index (χ2v) is 5.55. The van der Waals surface area contributed by atoms with Gasteiger partial charge in [0.25, 0.3) is 5.91 Å². The Morgan fingerprint density at radius 3 is 2.78 bits per heavy atom. The summed E-state index contributed by atoms with van der Waals surface area (Å²) in [6.45, 7) is 3.00. The predicted molar refractivity (Wildman–Crippen MR) is 91.6 cm³/mol. The summed E-state index contributed by atoms with van der Waals surface area (Å²) in [4.78, 5) is 16.3. The molecule has 23 heavy (non-hydrogen) atoms. The Labute approximate surface area is 140 Å². The number of hydrogen-bond acceptors (Lipinski definition) is 3. The molecule has 4 nitrogen and oxygen atoms in total. The lowest BCUT2D eigenvalue weighted by molar-refractivity contribution is 0.102. The van der Waals surface area contributed by atoms with Crippen molar-refractivity contribution in [2.24, 2.45) is 0 Å². The Bertz CT molecular complexity index is 679. The molecule has 1 amide bonds. The molecule has 0 saturated carbocycles. The van der Waals surface area contributed by atoms with E-state index < -0.39 is 5.82 Å². The topological polar surface area (TPSA) is 54.0 Å². The summed E-state index contributed by atoms with van der Waals surface area (Å²) in [6.07, 6.45) is 4.98. The maximum Gasteiger partial charge on any atom is 0.274 e. The van der Waals surface area contributed by atoms with Crippen LogP contribution in [0.4, 0.5) is 15.8 Å². The van der Waals surface area contributed by atoms with Gasteiger partial charge in [-0.2, -0.15) is 0 Å². The molecule has 0 bridgehead atoms. The van der Waals surface area contributed by atoms with Crippen molar-refractivity contribution in [3.05, 3.63) is 53.1 Å². The first kappa shape index (κ1) is 17.2. The second kappa shape index (κ2) is 8.48. The van der Waals surface area contributed by atoms with Crippen LogP contribution in [0.25, 0.3) is 0 Å². The van der Waals surface area contributed by atoms with E-state index in [-0.39, 0.29) is 16.6 Å². The fourth-order valence-corrected chi connectivity index (χ4v) is 2.22. The molecule has 122 valence electrons. The zero-order valence-corrected chi connectivity index (χ0v) is 13.7. The van der Waals surface area contributed by atoms with Gasteiger partial charge in [0, 0.05) is 24.1 Å². The van der Waals surface area contributed by atoms with Crippen molar-refractivity contribution >= 4 is 28.9 Å².